The number of hydrogen-bond acceptors (Lipinski definition) is 8. The number of phenolic OH excluding ortho intramolecular Hbond substituents is 2. The highest BCUT2D eigenvalue weighted by molar-refractivity contribution is 7.93. The number of carboxylic acid groups (broad SMARTS) is 2. The van der Waals surface area contributed by atoms with Crippen LogP contribution < -0.4 is 9.44 Å². The molecular weight excluding hydrogens is 564 g/mol. The van der Waals surface area contributed by atoms with Gasteiger partial charge in [-0.1, -0.05) is 24.3 Å². The molecule has 206 valence electrons. The molecule has 0 saturated heterocycles. The summed E-state index contributed by atoms with van der Waals surface area (Å²) in [6.45, 7) is 0. The number of rotatable bonds is 9. The molecule has 40 heavy (non-hydrogen) atoms. The van der Waals surface area contributed by atoms with E-state index in [9.17, 15) is 36.6 Å². The standard InChI is InChI=1S/C26H20N2O10S2/c29-23-13-17(25(31)32)5-11-21(23)27-39(35,36)19-7-1-15(2-8-19)16-3-9-20(10-4-16)40(37,38)28-22-12-6-18(26(33)34)14-24(22)30/h1-14,27-30H,(H,31,32)(H,33,34). The first-order chi connectivity index (χ1) is 18.8. The van der Waals surface area contributed by atoms with Crippen LogP contribution in [0.3, 0.4) is 0 Å². The summed E-state index contributed by atoms with van der Waals surface area (Å²) >= 11 is 0. The fourth-order valence-electron chi connectivity index (χ4n) is 3.56. The second-order valence-electron chi connectivity index (χ2n) is 8.33. The summed E-state index contributed by atoms with van der Waals surface area (Å²) in [7, 11) is -8.27. The highest BCUT2D eigenvalue weighted by Gasteiger charge is 2.19. The number of aromatic carboxylic acids is 2. The maximum absolute atomic E-state index is 12.7. The first-order valence-corrected chi connectivity index (χ1v) is 14.1. The van der Waals surface area contributed by atoms with Crippen molar-refractivity contribution < 1.29 is 46.9 Å². The average molecular weight is 585 g/mol. The van der Waals surface area contributed by atoms with Crippen molar-refractivity contribution in [2.75, 3.05) is 9.44 Å². The molecule has 0 fully saturated rings. The van der Waals surface area contributed by atoms with Crippen LogP contribution in [0.15, 0.2) is 94.7 Å². The van der Waals surface area contributed by atoms with Crippen LogP contribution in [0.2, 0.25) is 0 Å². The zero-order valence-corrected chi connectivity index (χ0v) is 21.8. The molecule has 0 saturated carbocycles. The summed E-state index contributed by atoms with van der Waals surface area (Å²) in [6, 6.07) is 17.5. The number of aromatic hydroxyl groups is 2. The quantitative estimate of drug-likeness (QED) is 0.157. The number of carbonyl (C=O) groups is 2. The SMILES string of the molecule is O=C(O)c1ccc(NS(=O)(=O)c2ccc(-c3ccc(S(=O)(=O)Nc4ccc(C(=O)O)cc4O)cc3)cc2)c(O)c1. The highest BCUT2D eigenvalue weighted by Crippen LogP contribution is 2.30. The molecule has 0 aliphatic carbocycles. The number of sulfonamides is 2. The lowest BCUT2D eigenvalue weighted by Crippen LogP contribution is -2.13. The summed E-state index contributed by atoms with van der Waals surface area (Å²) in [5.74, 6) is -3.68. The van der Waals surface area contributed by atoms with Crippen molar-refractivity contribution in [3.8, 4) is 22.6 Å². The topological polar surface area (TPSA) is 207 Å². The van der Waals surface area contributed by atoms with Gasteiger partial charge in [0.05, 0.1) is 32.3 Å². The molecule has 0 aliphatic heterocycles. The first-order valence-electron chi connectivity index (χ1n) is 11.2. The number of benzene rings is 4. The number of phenols is 2. The number of anilines is 2. The Morgan fingerprint density at radius 2 is 0.850 bits per heavy atom. The second kappa shape index (κ2) is 10.6. The fourth-order valence-corrected chi connectivity index (χ4v) is 5.71. The Balaban J connectivity index is 1.50. The molecule has 0 heterocycles. The van der Waals surface area contributed by atoms with E-state index in [2.05, 4.69) is 9.44 Å². The predicted octanol–water partition coefficient (Wildman–Crippen LogP) is 3.76. The monoisotopic (exact) mass is 584 g/mol. The van der Waals surface area contributed by atoms with Crippen LogP contribution in [0.4, 0.5) is 11.4 Å². The van der Waals surface area contributed by atoms with E-state index < -0.39 is 43.5 Å². The Bertz CT molecular complexity index is 1700. The third kappa shape index (κ3) is 5.98. The predicted molar refractivity (Wildman–Crippen MR) is 144 cm³/mol. The van der Waals surface area contributed by atoms with Gasteiger partial charge in [-0.25, -0.2) is 26.4 Å². The normalized spacial score (nSPS) is 11.5. The van der Waals surface area contributed by atoms with Gasteiger partial charge in [-0.15, -0.1) is 0 Å². The Morgan fingerprint density at radius 1 is 0.525 bits per heavy atom. The van der Waals surface area contributed by atoms with E-state index in [0.717, 1.165) is 36.4 Å². The molecule has 0 unspecified atom stereocenters. The van der Waals surface area contributed by atoms with Crippen LogP contribution in [0.1, 0.15) is 20.7 Å². The first kappa shape index (κ1) is 27.9. The van der Waals surface area contributed by atoms with E-state index in [-0.39, 0.29) is 32.3 Å². The Hall–Kier alpha value is -5.08. The fraction of sp³-hybridized carbons (Fsp3) is 0. The Kier molecular flexibility index (Phi) is 7.40. The lowest BCUT2D eigenvalue weighted by Gasteiger charge is -2.12. The van der Waals surface area contributed by atoms with Crippen molar-refractivity contribution in [1.82, 2.24) is 0 Å². The molecule has 0 aromatic heterocycles. The minimum absolute atomic E-state index is 0.143. The minimum atomic E-state index is -4.13. The van der Waals surface area contributed by atoms with Crippen molar-refractivity contribution in [2.24, 2.45) is 0 Å². The third-order valence-corrected chi connectivity index (χ3v) is 8.40. The van der Waals surface area contributed by atoms with Gasteiger partial charge in [0.25, 0.3) is 20.0 Å². The molecule has 14 heteroatoms. The summed E-state index contributed by atoms with van der Waals surface area (Å²) < 4.78 is 55.4. The van der Waals surface area contributed by atoms with E-state index in [1.54, 1.807) is 0 Å². The molecule has 4 aromatic carbocycles. The Labute approximate surface area is 227 Å². The maximum atomic E-state index is 12.7. The summed E-state index contributed by atoms with van der Waals surface area (Å²) in [4.78, 5) is 21.7. The van der Waals surface area contributed by atoms with Gasteiger partial charge in [0.15, 0.2) is 0 Å². The van der Waals surface area contributed by atoms with E-state index in [0.29, 0.717) is 11.1 Å². The van der Waals surface area contributed by atoms with Crippen molar-refractivity contribution in [2.45, 2.75) is 9.79 Å². The molecule has 0 bridgehead atoms. The molecule has 6 N–H and O–H groups in total. The largest absolute Gasteiger partial charge is 0.506 e. The van der Waals surface area contributed by atoms with Crippen LogP contribution >= 0.6 is 0 Å². The number of hydrogen-bond donors (Lipinski definition) is 6. The van der Waals surface area contributed by atoms with Crippen molar-refractivity contribution >= 4 is 43.4 Å². The molecule has 0 amide bonds. The molecule has 0 spiro atoms. The highest BCUT2D eigenvalue weighted by atomic mass is 32.2. The lowest BCUT2D eigenvalue weighted by atomic mass is 10.1. The van der Waals surface area contributed by atoms with Crippen LogP contribution in [0.5, 0.6) is 11.5 Å². The molecular formula is C26H20N2O10S2. The van der Waals surface area contributed by atoms with Gasteiger partial charge in [0.1, 0.15) is 11.5 Å². The zero-order chi connectivity index (χ0) is 29.2. The van der Waals surface area contributed by atoms with Gasteiger partial charge in [0, 0.05) is 0 Å². The van der Waals surface area contributed by atoms with Crippen molar-refractivity contribution in [3.63, 3.8) is 0 Å². The molecule has 0 radical (unpaired) electrons. The molecule has 0 aliphatic rings. The van der Waals surface area contributed by atoms with E-state index in [1.165, 1.54) is 48.5 Å². The molecule has 4 rings (SSSR count). The van der Waals surface area contributed by atoms with E-state index >= 15 is 0 Å². The zero-order valence-electron chi connectivity index (χ0n) is 20.1. The van der Waals surface area contributed by atoms with Crippen LogP contribution in [0, 0.1) is 0 Å². The van der Waals surface area contributed by atoms with Gasteiger partial charge in [-0.05, 0) is 71.8 Å². The molecule has 12 nitrogen and oxygen atoms in total. The number of carboxylic acids is 2. The van der Waals surface area contributed by atoms with Crippen LogP contribution in [0.25, 0.3) is 11.1 Å². The van der Waals surface area contributed by atoms with Crippen LogP contribution in [-0.2, 0) is 20.0 Å². The third-order valence-electron chi connectivity index (χ3n) is 5.64. The smallest absolute Gasteiger partial charge is 0.335 e. The summed E-state index contributed by atoms with van der Waals surface area (Å²) in [5.41, 5.74) is 0.285. The van der Waals surface area contributed by atoms with Gasteiger partial charge >= 0.3 is 11.9 Å². The Morgan fingerprint density at radius 3 is 1.12 bits per heavy atom. The van der Waals surface area contributed by atoms with Gasteiger partial charge in [-0.2, -0.15) is 0 Å². The average Bonchev–Trinajstić information content (AvgIpc) is 2.90. The van der Waals surface area contributed by atoms with Gasteiger partial charge < -0.3 is 20.4 Å². The molecule has 4 aromatic rings. The summed E-state index contributed by atoms with van der Waals surface area (Å²) in [5, 5.41) is 37.9. The number of nitrogens with one attached hydrogen (secondary N) is 2. The summed E-state index contributed by atoms with van der Waals surface area (Å²) in [6.07, 6.45) is 0. The van der Waals surface area contributed by atoms with E-state index in [4.69, 9.17) is 10.2 Å². The minimum Gasteiger partial charge on any atom is -0.506 e. The molecule has 0 atom stereocenters. The van der Waals surface area contributed by atoms with Crippen molar-refractivity contribution in [1.29, 1.82) is 0 Å². The lowest BCUT2D eigenvalue weighted by molar-refractivity contribution is 0.0686. The van der Waals surface area contributed by atoms with Gasteiger partial charge in [0.2, 0.25) is 0 Å². The van der Waals surface area contributed by atoms with Crippen LogP contribution in [-0.4, -0.2) is 49.2 Å². The van der Waals surface area contributed by atoms with Crippen molar-refractivity contribution in [3.05, 3.63) is 96.1 Å². The van der Waals surface area contributed by atoms with Gasteiger partial charge in [-0.3, -0.25) is 9.44 Å². The maximum Gasteiger partial charge on any atom is 0.335 e. The van der Waals surface area contributed by atoms with E-state index in [1.807, 2.05) is 0 Å². The second-order valence-corrected chi connectivity index (χ2v) is 11.7.